The fourth-order valence-electron chi connectivity index (χ4n) is 12.5. The average molecular weight is 968 g/mol. The molecule has 11 aromatic carbocycles. The van der Waals surface area contributed by atoms with Crippen molar-refractivity contribution in [2.24, 2.45) is 0 Å². The van der Waals surface area contributed by atoms with E-state index in [1.165, 1.54) is 43.1 Å². The molecule has 0 N–H and O–H groups in total. The van der Waals surface area contributed by atoms with Crippen molar-refractivity contribution in [1.29, 1.82) is 0 Å². The van der Waals surface area contributed by atoms with Crippen molar-refractivity contribution >= 4 is 87.2 Å². The van der Waals surface area contributed by atoms with Gasteiger partial charge in [0.15, 0.2) is 0 Å². The van der Waals surface area contributed by atoms with Gasteiger partial charge in [0.25, 0.3) is 0 Å². The van der Waals surface area contributed by atoms with E-state index in [1.807, 2.05) is 0 Å². The van der Waals surface area contributed by atoms with Crippen molar-refractivity contribution in [3.8, 4) is 56.4 Å². The third-order valence-corrected chi connectivity index (χ3v) is 15.8. The lowest BCUT2D eigenvalue weighted by molar-refractivity contribution is 1.13. The number of nitrogens with zero attached hydrogens (tertiary/aromatic N) is 5. The van der Waals surface area contributed by atoms with Gasteiger partial charge in [-0.3, -0.25) is 0 Å². The summed E-state index contributed by atoms with van der Waals surface area (Å²) in [5.74, 6) is 0. The van der Waals surface area contributed by atoms with E-state index >= 15 is 0 Å². The minimum atomic E-state index is 0.867. The summed E-state index contributed by atoms with van der Waals surface area (Å²) in [6.45, 7) is 0. The first-order valence-electron chi connectivity index (χ1n) is 26.0. The van der Waals surface area contributed by atoms with Gasteiger partial charge in [-0.25, -0.2) is 4.98 Å². The van der Waals surface area contributed by atoms with Crippen LogP contribution in [0.2, 0.25) is 0 Å². The van der Waals surface area contributed by atoms with Gasteiger partial charge in [0.2, 0.25) is 0 Å². The SMILES string of the molecule is c1ccc(-c2cc(-c3cc(-n4c5ccccc5c5ccccc54)ccc3-n3c4ccccc4c4ccccc43)nc(-c3cc(-n4c5ccccc5c5ccccc54)ccc3-n3c4ccccc4c4ccccc43)c2)cc1. The summed E-state index contributed by atoms with van der Waals surface area (Å²) >= 11 is 0. The first-order chi connectivity index (χ1) is 37.7. The van der Waals surface area contributed by atoms with E-state index in [9.17, 15) is 0 Å². The summed E-state index contributed by atoms with van der Waals surface area (Å²) in [5.41, 5.74) is 19.4. The molecule has 0 saturated carbocycles. The Kier molecular flexibility index (Phi) is 9.27. The first-order valence-corrected chi connectivity index (χ1v) is 26.0. The molecule has 5 heterocycles. The molecule has 0 aliphatic carbocycles. The normalized spacial score (nSPS) is 11.9. The van der Waals surface area contributed by atoms with Gasteiger partial charge in [-0.05, 0) is 108 Å². The fraction of sp³-hybridized carbons (Fsp3) is 0. The number of pyridine rings is 1. The molecular weight excluding hydrogens is 923 g/mol. The zero-order valence-electron chi connectivity index (χ0n) is 41.2. The Morgan fingerprint density at radius 3 is 0.776 bits per heavy atom. The van der Waals surface area contributed by atoms with Crippen LogP contribution in [0.3, 0.4) is 0 Å². The van der Waals surface area contributed by atoms with Crippen molar-refractivity contribution in [1.82, 2.24) is 23.3 Å². The molecule has 0 aliphatic rings. The first kappa shape index (κ1) is 42.3. The van der Waals surface area contributed by atoms with Crippen LogP contribution in [-0.2, 0) is 0 Å². The van der Waals surface area contributed by atoms with Crippen LogP contribution in [0.5, 0.6) is 0 Å². The largest absolute Gasteiger partial charge is 0.309 e. The number of para-hydroxylation sites is 8. The minimum Gasteiger partial charge on any atom is -0.309 e. The van der Waals surface area contributed by atoms with E-state index in [0.717, 1.165) is 101 Å². The van der Waals surface area contributed by atoms with Crippen molar-refractivity contribution in [3.05, 3.63) is 273 Å². The highest BCUT2D eigenvalue weighted by Crippen LogP contribution is 2.44. The second kappa shape index (κ2) is 16.7. The molecule has 0 spiro atoms. The molecule has 0 amide bonds. The van der Waals surface area contributed by atoms with Crippen LogP contribution < -0.4 is 0 Å². The molecule has 16 rings (SSSR count). The molecule has 5 nitrogen and oxygen atoms in total. The van der Waals surface area contributed by atoms with Crippen LogP contribution in [0.25, 0.3) is 144 Å². The maximum Gasteiger partial charge on any atom is 0.0737 e. The van der Waals surface area contributed by atoms with Gasteiger partial charge in [-0.1, -0.05) is 176 Å². The molecule has 354 valence electrons. The maximum atomic E-state index is 6.01. The maximum absolute atomic E-state index is 6.01. The topological polar surface area (TPSA) is 32.6 Å². The lowest BCUT2D eigenvalue weighted by Crippen LogP contribution is -2.04. The summed E-state index contributed by atoms with van der Waals surface area (Å²) in [6.07, 6.45) is 0. The summed E-state index contributed by atoms with van der Waals surface area (Å²) in [4.78, 5) is 6.01. The molecule has 5 aromatic heterocycles. The number of fused-ring (bicyclic) bond motifs is 12. The highest BCUT2D eigenvalue weighted by atomic mass is 15.0. The van der Waals surface area contributed by atoms with E-state index in [1.54, 1.807) is 0 Å². The number of benzene rings is 11. The number of hydrogen-bond donors (Lipinski definition) is 0. The van der Waals surface area contributed by atoms with Gasteiger partial charge in [0.05, 0.1) is 66.9 Å². The Morgan fingerprint density at radius 1 is 0.211 bits per heavy atom. The standard InChI is InChI=1S/C71H45N5/c1-2-20-46(21-3-1)47-42-60(58-44-48(73-62-30-12-4-22-50(62)51-23-5-13-31-63(51)73)38-40-70(58)75-66-34-16-8-26-54(66)55-27-9-17-35-67(55)75)72-61(43-47)59-45-49(74-64-32-14-6-24-52(64)53-25-7-15-33-65(53)74)39-41-71(59)76-68-36-18-10-28-56(68)57-29-11-19-37-69(57)76/h1-45H. The van der Waals surface area contributed by atoms with Crippen molar-refractivity contribution in [2.75, 3.05) is 0 Å². The molecule has 76 heavy (non-hydrogen) atoms. The van der Waals surface area contributed by atoms with Crippen LogP contribution in [0.4, 0.5) is 0 Å². The van der Waals surface area contributed by atoms with Crippen LogP contribution in [0, 0.1) is 0 Å². The van der Waals surface area contributed by atoms with E-state index < -0.39 is 0 Å². The summed E-state index contributed by atoms with van der Waals surface area (Å²) in [6, 6.07) is 99.5. The Labute approximate surface area is 437 Å². The molecule has 0 unspecified atom stereocenters. The Balaban J connectivity index is 1.04. The van der Waals surface area contributed by atoms with Gasteiger partial charge < -0.3 is 18.3 Å². The molecule has 0 atom stereocenters. The lowest BCUT2D eigenvalue weighted by atomic mass is 9.97. The quantitative estimate of drug-likeness (QED) is 0.157. The summed E-state index contributed by atoms with van der Waals surface area (Å²) < 4.78 is 9.72. The van der Waals surface area contributed by atoms with Crippen LogP contribution >= 0.6 is 0 Å². The zero-order chi connectivity index (χ0) is 49.8. The van der Waals surface area contributed by atoms with E-state index in [4.69, 9.17) is 4.98 Å². The van der Waals surface area contributed by atoms with Crippen molar-refractivity contribution < 1.29 is 0 Å². The highest BCUT2D eigenvalue weighted by Gasteiger charge is 2.24. The number of hydrogen-bond acceptors (Lipinski definition) is 1. The van der Waals surface area contributed by atoms with Crippen LogP contribution in [0.1, 0.15) is 0 Å². The predicted molar refractivity (Wildman–Crippen MR) is 318 cm³/mol. The van der Waals surface area contributed by atoms with Crippen molar-refractivity contribution in [2.45, 2.75) is 0 Å². The highest BCUT2D eigenvalue weighted by molar-refractivity contribution is 6.13. The second-order valence-corrected chi connectivity index (χ2v) is 19.9. The fourth-order valence-corrected chi connectivity index (χ4v) is 12.5. The van der Waals surface area contributed by atoms with Gasteiger partial charge in [0.1, 0.15) is 0 Å². The lowest BCUT2D eigenvalue weighted by Gasteiger charge is -2.20. The number of aromatic nitrogens is 5. The Bertz CT molecular complexity index is 4500. The average Bonchev–Trinajstić information content (AvgIpc) is 4.36. The Hall–Kier alpha value is -10.2. The van der Waals surface area contributed by atoms with Crippen LogP contribution in [-0.4, -0.2) is 23.3 Å². The summed E-state index contributed by atoms with van der Waals surface area (Å²) in [5, 5.41) is 9.72. The smallest absolute Gasteiger partial charge is 0.0737 e. The van der Waals surface area contributed by atoms with Gasteiger partial charge >= 0.3 is 0 Å². The molecule has 0 aliphatic heterocycles. The van der Waals surface area contributed by atoms with E-state index in [-0.39, 0.29) is 0 Å². The van der Waals surface area contributed by atoms with Crippen LogP contribution in [0.15, 0.2) is 273 Å². The molecule has 0 bridgehead atoms. The Morgan fingerprint density at radius 2 is 0.474 bits per heavy atom. The molecule has 5 heteroatoms. The van der Waals surface area contributed by atoms with Gasteiger partial charge in [-0.2, -0.15) is 0 Å². The second-order valence-electron chi connectivity index (χ2n) is 19.9. The summed E-state index contributed by atoms with van der Waals surface area (Å²) in [7, 11) is 0. The molecular formula is C71H45N5. The molecule has 0 radical (unpaired) electrons. The van der Waals surface area contributed by atoms with Crippen molar-refractivity contribution in [3.63, 3.8) is 0 Å². The van der Waals surface area contributed by atoms with E-state index in [0.29, 0.717) is 0 Å². The minimum absolute atomic E-state index is 0.867. The third kappa shape index (κ3) is 6.30. The number of rotatable bonds is 7. The van der Waals surface area contributed by atoms with Gasteiger partial charge in [0, 0.05) is 65.6 Å². The van der Waals surface area contributed by atoms with E-state index in [2.05, 4.69) is 291 Å². The predicted octanol–water partition coefficient (Wildman–Crippen LogP) is 18.5. The zero-order valence-corrected chi connectivity index (χ0v) is 41.2. The monoisotopic (exact) mass is 967 g/mol. The molecule has 16 aromatic rings. The third-order valence-electron chi connectivity index (χ3n) is 15.8. The van der Waals surface area contributed by atoms with Gasteiger partial charge in [-0.15, -0.1) is 0 Å². The molecule has 0 saturated heterocycles. The molecule has 0 fully saturated rings.